The molecule has 1 fully saturated rings. The molecule has 0 amide bonds. The lowest BCUT2D eigenvalue weighted by Crippen LogP contribution is -2.28. The molecule has 0 aliphatic carbocycles. The quantitative estimate of drug-likeness (QED) is 0.902. The van der Waals surface area contributed by atoms with E-state index in [1.807, 2.05) is 11.4 Å². The van der Waals surface area contributed by atoms with Crippen LogP contribution in [0.3, 0.4) is 0 Å². The first-order chi connectivity index (χ1) is 9.59. The highest BCUT2D eigenvalue weighted by molar-refractivity contribution is 7.91. The standard InChI is InChI=1S/C12H16N4O2S2/c1-13-12-14-10(9-3-6-19-11(9)15-12)16-4-2-7-20(17,18)8-5-16/h3,6H,2,4-5,7-8H2,1H3,(H,13,14,15). The zero-order chi connectivity index (χ0) is 14.2. The first-order valence-electron chi connectivity index (χ1n) is 6.47. The zero-order valence-corrected chi connectivity index (χ0v) is 12.8. The lowest BCUT2D eigenvalue weighted by atomic mass is 10.3. The fourth-order valence-electron chi connectivity index (χ4n) is 2.34. The molecule has 1 aliphatic rings. The second-order valence-electron chi connectivity index (χ2n) is 4.75. The van der Waals surface area contributed by atoms with Crippen molar-refractivity contribution in [2.24, 2.45) is 0 Å². The van der Waals surface area contributed by atoms with Gasteiger partial charge in [-0.1, -0.05) is 0 Å². The van der Waals surface area contributed by atoms with E-state index in [0.29, 0.717) is 25.5 Å². The molecule has 8 heteroatoms. The molecule has 20 heavy (non-hydrogen) atoms. The molecule has 3 heterocycles. The highest BCUT2D eigenvalue weighted by Gasteiger charge is 2.22. The van der Waals surface area contributed by atoms with Crippen LogP contribution < -0.4 is 10.2 Å². The molecule has 0 aromatic carbocycles. The van der Waals surface area contributed by atoms with E-state index in [1.165, 1.54) is 0 Å². The third-order valence-electron chi connectivity index (χ3n) is 3.38. The van der Waals surface area contributed by atoms with Gasteiger partial charge in [0, 0.05) is 20.1 Å². The summed E-state index contributed by atoms with van der Waals surface area (Å²) in [5.74, 6) is 1.86. The number of aromatic nitrogens is 2. The minimum absolute atomic E-state index is 0.192. The molecule has 6 nitrogen and oxygen atoms in total. The topological polar surface area (TPSA) is 75.2 Å². The average molecular weight is 312 g/mol. The molecule has 1 saturated heterocycles. The van der Waals surface area contributed by atoms with Gasteiger partial charge in [0.25, 0.3) is 0 Å². The van der Waals surface area contributed by atoms with Crippen molar-refractivity contribution in [2.75, 3.05) is 41.9 Å². The Bertz CT molecular complexity index is 726. The highest BCUT2D eigenvalue weighted by atomic mass is 32.2. The zero-order valence-electron chi connectivity index (χ0n) is 11.2. The molecule has 0 atom stereocenters. The number of sulfone groups is 1. The van der Waals surface area contributed by atoms with Crippen LogP contribution in [0.5, 0.6) is 0 Å². The summed E-state index contributed by atoms with van der Waals surface area (Å²) in [6, 6.07) is 1.99. The van der Waals surface area contributed by atoms with E-state index in [1.54, 1.807) is 18.4 Å². The summed E-state index contributed by atoms with van der Waals surface area (Å²) in [5, 5.41) is 5.94. The van der Waals surface area contributed by atoms with E-state index >= 15 is 0 Å². The Morgan fingerprint density at radius 2 is 2.15 bits per heavy atom. The molecule has 2 aromatic rings. The van der Waals surface area contributed by atoms with Crippen LogP contribution in [0.4, 0.5) is 11.8 Å². The average Bonchev–Trinajstić information content (AvgIpc) is 2.82. The predicted octanol–water partition coefficient (Wildman–Crippen LogP) is 1.36. The maximum atomic E-state index is 11.7. The normalized spacial score (nSPS) is 18.9. The van der Waals surface area contributed by atoms with Crippen molar-refractivity contribution in [3.8, 4) is 0 Å². The van der Waals surface area contributed by atoms with Gasteiger partial charge in [-0.05, 0) is 17.9 Å². The van der Waals surface area contributed by atoms with Gasteiger partial charge in [0.15, 0.2) is 9.84 Å². The molecule has 1 N–H and O–H groups in total. The minimum Gasteiger partial charge on any atom is -0.357 e. The van der Waals surface area contributed by atoms with Crippen LogP contribution in [0, 0.1) is 0 Å². The lowest BCUT2D eigenvalue weighted by Gasteiger charge is -2.22. The summed E-state index contributed by atoms with van der Waals surface area (Å²) >= 11 is 1.56. The van der Waals surface area contributed by atoms with Crippen molar-refractivity contribution < 1.29 is 8.42 Å². The summed E-state index contributed by atoms with van der Waals surface area (Å²) in [4.78, 5) is 11.9. The first kappa shape index (κ1) is 13.6. The van der Waals surface area contributed by atoms with E-state index < -0.39 is 9.84 Å². The van der Waals surface area contributed by atoms with E-state index in [0.717, 1.165) is 16.0 Å². The molecule has 0 radical (unpaired) electrons. The van der Waals surface area contributed by atoms with Crippen molar-refractivity contribution in [1.82, 2.24) is 9.97 Å². The second kappa shape index (κ2) is 5.17. The van der Waals surface area contributed by atoms with E-state index in [4.69, 9.17) is 0 Å². The fraction of sp³-hybridized carbons (Fsp3) is 0.500. The summed E-state index contributed by atoms with van der Waals surface area (Å²) in [6.45, 7) is 1.21. The summed E-state index contributed by atoms with van der Waals surface area (Å²) < 4.78 is 23.4. The summed E-state index contributed by atoms with van der Waals surface area (Å²) in [6.07, 6.45) is 0.646. The third-order valence-corrected chi connectivity index (χ3v) is 5.91. The van der Waals surface area contributed by atoms with Crippen LogP contribution in [-0.2, 0) is 9.84 Å². The van der Waals surface area contributed by atoms with Crippen LogP contribution >= 0.6 is 11.3 Å². The number of hydrogen-bond acceptors (Lipinski definition) is 7. The highest BCUT2D eigenvalue weighted by Crippen LogP contribution is 2.29. The fourth-order valence-corrected chi connectivity index (χ4v) is 4.37. The number of thiophene rings is 1. The first-order valence-corrected chi connectivity index (χ1v) is 9.17. The second-order valence-corrected chi connectivity index (χ2v) is 7.95. The van der Waals surface area contributed by atoms with Gasteiger partial charge < -0.3 is 10.2 Å². The van der Waals surface area contributed by atoms with Gasteiger partial charge in [0.1, 0.15) is 10.6 Å². The van der Waals surface area contributed by atoms with Crippen LogP contribution in [-0.4, -0.2) is 50.0 Å². The number of nitrogens with zero attached hydrogens (tertiary/aromatic N) is 3. The van der Waals surface area contributed by atoms with E-state index in [2.05, 4.69) is 20.2 Å². The Hall–Kier alpha value is -1.41. The van der Waals surface area contributed by atoms with Crippen LogP contribution in [0.1, 0.15) is 6.42 Å². The largest absolute Gasteiger partial charge is 0.357 e. The maximum Gasteiger partial charge on any atom is 0.225 e. The summed E-state index contributed by atoms with van der Waals surface area (Å²) in [7, 11) is -1.13. The maximum absolute atomic E-state index is 11.7. The van der Waals surface area contributed by atoms with Crippen molar-refractivity contribution in [2.45, 2.75) is 6.42 Å². The molecular weight excluding hydrogens is 296 g/mol. The van der Waals surface area contributed by atoms with Crippen molar-refractivity contribution in [1.29, 1.82) is 0 Å². The number of fused-ring (bicyclic) bond motifs is 1. The SMILES string of the molecule is CNc1nc(N2CCCS(=O)(=O)CC2)c2ccsc2n1. The van der Waals surface area contributed by atoms with Crippen LogP contribution in [0.2, 0.25) is 0 Å². The smallest absolute Gasteiger partial charge is 0.225 e. The number of hydrogen-bond donors (Lipinski definition) is 1. The minimum atomic E-state index is -2.91. The number of anilines is 2. The van der Waals surface area contributed by atoms with Gasteiger partial charge in [-0.2, -0.15) is 4.98 Å². The molecule has 1 aliphatic heterocycles. The number of nitrogens with one attached hydrogen (secondary N) is 1. The van der Waals surface area contributed by atoms with Crippen molar-refractivity contribution in [3.05, 3.63) is 11.4 Å². The molecule has 0 bridgehead atoms. The number of rotatable bonds is 2. The molecule has 2 aromatic heterocycles. The Kier molecular flexibility index (Phi) is 3.51. The van der Waals surface area contributed by atoms with E-state index in [9.17, 15) is 8.42 Å². The lowest BCUT2D eigenvalue weighted by molar-refractivity contribution is 0.597. The third kappa shape index (κ3) is 2.57. The van der Waals surface area contributed by atoms with Gasteiger partial charge in [-0.25, -0.2) is 13.4 Å². The summed E-state index contributed by atoms with van der Waals surface area (Å²) in [5.41, 5.74) is 0. The molecule has 3 rings (SSSR count). The molecule has 0 unspecified atom stereocenters. The van der Waals surface area contributed by atoms with Gasteiger partial charge in [0.05, 0.1) is 16.9 Å². The van der Waals surface area contributed by atoms with Crippen LogP contribution in [0.15, 0.2) is 11.4 Å². The molecule has 0 saturated carbocycles. The van der Waals surface area contributed by atoms with Gasteiger partial charge in [-0.3, -0.25) is 0 Å². The van der Waals surface area contributed by atoms with Gasteiger partial charge in [0.2, 0.25) is 5.95 Å². The Balaban J connectivity index is 2.02. The van der Waals surface area contributed by atoms with Gasteiger partial charge in [-0.15, -0.1) is 11.3 Å². The molecular formula is C12H16N4O2S2. The Morgan fingerprint density at radius 3 is 2.95 bits per heavy atom. The van der Waals surface area contributed by atoms with E-state index in [-0.39, 0.29) is 11.5 Å². The monoisotopic (exact) mass is 312 g/mol. The van der Waals surface area contributed by atoms with Crippen molar-refractivity contribution >= 4 is 43.2 Å². The van der Waals surface area contributed by atoms with Gasteiger partial charge >= 0.3 is 0 Å². The Morgan fingerprint density at radius 1 is 1.30 bits per heavy atom. The van der Waals surface area contributed by atoms with Crippen molar-refractivity contribution in [3.63, 3.8) is 0 Å². The predicted molar refractivity (Wildman–Crippen MR) is 82.4 cm³/mol. The molecule has 0 spiro atoms. The molecule has 108 valence electrons. The Labute approximate surface area is 121 Å². The van der Waals surface area contributed by atoms with Crippen LogP contribution in [0.25, 0.3) is 10.2 Å².